The first-order valence-corrected chi connectivity index (χ1v) is 10.8. The molecule has 164 valence electrons. The number of nitrogens with zero attached hydrogens (tertiary/aromatic N) is 6. The van der Waals surface area contributed by atoms with Gasteiger partial charge in [0.25, 0.3) is 5.89 Å². The number of carbonyl (C=O) groups excluding carboxylic acids is 1. The number of hydrogen-bond acceptors (Lipinski definition) is 6. The van der Waals surface area contributed by atoms with E-state index in [4.69, 9.17) is 4.52 Å². The molecule has 1 amide bonds. The molecule has 0 unspecified atom stereocenters. The highest BCUT2D eigenvalue weighted by Gasteiger charge is 2.24. The van der Waals surface area contributed by atoms with Crippen LogP contribution in [0, 0.1) is 0 Å². The summed E-state index contributed by atoms with van der Waals surface area (Å²) in [5.41, 5.74) is 1.35. The fourth-order valence-electron chi connectivity index (χ4n) is 4.26. The average Bonchev–Trinajstić information content (AvgIpc) is 3.45. The average molecular weight is 432 g/mol. The summed E-state index contributed by atoms with van der Waals surface area (Å²) in [5.74, 6) is 0.596. The van der Waals surface area contributed by atoms with Crippen LogP contribution in [0.3, 0.4) is 0 Å². The molecule has 0 bridgehead atoms. The zero-order valence-electron chi connectivity index (χ0n) is 17.8. The molecular weight excluding hydrogens is 408 g/mol. The van der Waals surface area contributed by atoms with Crippen LogP contribution in [0.2, 0.25) is 0 Å². The number of benzene rings is 1. The lowest BCUT2D eigenvalue weighted by molar-refractivity contribution is -0.133. The lowest BCUT2D eigenvalue weighted by Crippen LogP contribution is -2.41. The molecule has 3 heterocycles. The van der Waals surface area contributed by atoms with Gasteiger partial charge >= 0.3 is 5.69 Å². The summed E-state index contributed by atoms with van der Waals surface area (Å²) in [4.78, 5) is 32.0. The molecule has 1 aliphatic carbocycles. The Balaban J connectivity index is 1.44. The standard InChI is InChI=1S/C23H24N6O3/c1-27(17-11-6-3-7-12-17)19(30)15-29-23(31)28-14-8-13-18(21(28)25-29)22-24-20(26-32-22)16-9-4-2-5-10-16/h2,4-5,8-10,13-14,17H,3,6-7,11-12,15H2,1H3. The minimum Gasteiger partial charge on any atom is -0.341 e. The quantitative estimate of drug-likeness (QED) is 0.481. The van der Waals surface area contributed by atoms with Crippen LogP contribution in [0.5, 0.6) is 0 Å². The van der Waals surface area contributed by atoms with Crippen LogP contribution in [-0.4, -0.2) is 48.2 Å². The summed E-state index contributed by atoms with van der Waals surface area (Å²) < 4.78 is 8.06. The Kier molecular flexibility index (Phi) is 5.30. The van der Waals surface area contributed by atoms with E-state index < -0.39 is 0 Å². The molecule has 3 aromatic heterocycles. The number of fused-ring (bicyclic) bond motifs is 1. The second-order valence-electron chi connectivity index (χ2n) is 8.14. The molecule has 0 radical (unpaired) electrons. The maximum Gasteiger partial charge on any atom is 0.350 e. The van der Waals surface area contributed by atoms with E-state index in [2.05, 4.69) is 15.2 Å². The van der Waals surface area contributed by atoms with E-state index >= 15 is 0 Å². The molecule has 1 aromatic carbocycles. The predicted molar refractivity (Wildman–Crippen MR) is 118 cm³/mol. The fourth-order valence-corrected chi connectivity index (χ4v) is 4.26. The molecule has 9 heteroatoms. The lowest BCUT2D eigenvalue weighted by atomic mass is 9.94. The van der Waals surface area contributed by atoms with E-state index in [-0.39, 0.29) is 30.1 Å². The fraction of sp³-hybridized carbons (Fsp3) is 0.348. The number of hydrogen-bond donors (Lipinski definition) is 0. The molecule has 32 heavy (non-hydrogen) atoms. The van der Waals surface area contributed by atoms with Crippen molar-refractivity contribution in [1.29, 1.82) is 0 Å². The normalized spacial score (nSPS) is 14.7. The van der Waals surface area contributed by atoms with Crippen molar-refractivity contribution in [2.45, 2.75) is 44.7 Å². The third kappa shape index (κ3) is 3.70. The van der Waals surface area contributed by atoms with Crippen LogP contribution >= 0.6 is 0 Å². The highest BCUT2D eigenvalue weighted by Crippen LogP contribution is 2.25. The van der Waals surface area contributed by atoms with Gasteiger partial charge in [0.1, 0.15) is 6.54 Å². The van der Waals surface area contributed by atoms with Crippen LogP contribution in [0.25, 0.3) is 28.5 Å². The highest BCUT2D eigenvalue weighted by molar-refractivity contribution is 5.76. The van der Waals surface area contributed by atoms with E-state index in [9.17, 15) is 9.59 Å². The van der Waals surface area contributed by atoms with Crippen molar-refractivity contribution in [3.63, 3.8) is 0 Å². The van der Waals surface area contributed by atoms with Gasteiger partial charge < -0.3 is 9.42 Å². The van der Waals surface area contributed by atoms with Crippen molar-refractivity contribution in [3.05, 3.63) is 59.1 Å². The van der Waals surface area contributed by atoms with Crippen molar-refractivity contribution >= 4 is 11.6 Å². The lowest BCUT2D eigenvalue weighted by Gasteiger charge is -2.31. The van der Waals surface area contributed by atoms with Crippen LogP contribution in [-0.2, 0) is 11.3 Å². The Morgan fingerprint density at radius 1 is 1.12 bits per heavy atom. The predicted octanol–water partition coefficient (Wildman–Crippen LogP) is 3.00. The topological polar surface area (TPSA) is 98.5 Å². The van der Waals surface area contributed by atoms with Crippen molar-refractivity contribution < 1.29 is 9.32 Å². The summed E-state index contributed by atoms with van der Waals surface area (Å²) in [6.45, 7) is -0.105. The Hall–Kier alpha value is -3.75. The molecular formula is C23H24N6O3. The van der Waals surface area contributed by atoms with Crippen molar-refractivity contribution in [1.82, 2.24) is 29.2 Å². The maximum absolute atomic E-state index is 12.9. The largest absolute Gasteiger partial charge is 0.350 e. The van der Waals surface area contributed by atoms with Crippen LogP contribution in [0.15, 0.2) is 58.0 Å². The number of carbonyl (C=O) groups is 1. The van der Waals surface area contributed by atoms with E-state index in [0.29, 0.717) is 17.0 Å². The number of aromatic nitrogens is 5. The first kappa shape index (κ1) is 20.2. The number of pyridine rings is 1. The van der Waals surface area contributed by atoms with Crippen molar-refractivity contribution in [2.75, 3.05) is 7.05 Å². The monoisotopic (exact) mass is 432 g/mol. The van der Waals surface area contributed by atoms with Gasteiger partial charge in [-0.05, 0) is 25.0 Å². The van der Waals surface area contributed by atoms with Gasteiger partial charge in [-0.1, -0.05) is 54.8 Å². The summed E-state index contributed by atoms with van der Waals surface area (Å²) >= 11 is 0. The third-order valence-electron chi connectivity index (χ3n) is 6.10. The zero-order chi connectivity index (χ0) is 22.1. The maximum atomic E-state index is 12.9. The molecule has 0 saturated heterocycles. The first-order valence-electron chi connectivity index (χ1n) is 10.8. The van der Waals surface area contributed by atoms with Gasteiger partial charge in [-0.2, -0.15) is 4.98 Å². The number of likely N-dealkylation sites (N-methyl/N-ethyl adjacent to an activating group) is 1. The van der Waals surface area contributed by atoms with Gasteiger partial charge in [0, 0.05) is 24.8 Å². The number of rotatable bonds is 5. The minimum absolute atomic E-state index is 0.105. The van der Waals surface area contributed by atoms with Gasteiger partial charge in [-0.15, -0.1) is 5.10 Å². The summed E-state index contributed by atoms with van der Waals surface area (Å²) in [5, 5.41) is 8.48. The Morgan fingerprint density at radius 3 is 2.69 bits per heavy atom. The molecule has 9 nitrogen and oxygen atoms in total. The first-order chi connectivity index (χ1) is 15.6. The molecule has 0 atom stereocenters. The molecule has 0 spiro atoms. The molecule has 0 N–H and O–H groups in total. The Labute approximate surface area is 184 Å². The smallest absolute Gasteiger partial charge is 0.341 e. The zero-order valence-corrected chi connectivity index (χ0v) is 17.8. The molecule has 5 rings (SSSR count). The summed E-state index contributed by atoms with van der Waals surface area (Å²) in [7, 11) is 1.81. The Morgan fingerprint density at radius 2 is 1.91 bits per heavy atom. The minimum atomic E-state index is -0.380. The molecule has 4 aromatic rings. The van der Waals surface area contributed by atoms with Gasteiger partial charge in [-0.25, -0.2) is 13.9 Å². The van der Waals surface area contributed by atoms with Crippen molar-refractivity contribution in [2.24, 2.45) is 0 Å². The SMILES string of the molecule is CN(C(=O)Cn1nc2c(-c3nc(-c4ccccc4)no3)cccn2c1=O)C1CCCCC1. The van der Waals surface area contributed by atoms with Gasteiger partial charge in [0.15, 0.2) is 5.65 Å². The van der Waals surface area contributed by atoms with E-state index in [1.807, 2.05) is 37.4 Å². The van der Waals surface area contributed by atoms with Gasteiger partial charge in [-0.3, -0.25) is 4.79 Å². The third-order valence-corrected chi connectivity index (χ3v) is 6.10. The van der Waals surface area contributed by atoms with Crippen LogP contribution < -0.4 is 5.69 Å². The van der Waals surface area contributed by atoms with Crippen molar-refractivity contribution in [3.8, 4) is 22.8 Å². The molecule has 1 aliphatic rings. The van der Waals surface area contributed by atoms with E-state index in [1.165, 1.54) is 15.5 Å². The van der Waals surface area contributed by atoms with Crippen LogP contribution in [0.4, 0.5) is 0 Å². The van der Waals surface area contributed by atoms with Gasteiger partial charge in [0.05, 0.1) is 5.56 Å². The molecule has 0 aliphatic heterocycles. The Bertz CT molecular complexity index is 1300. The van der Waals surface area contributed by atoms with E-state index in [0.717, 1.165) is 31.2 Å². The second kappa shape index (κ2) is 8.41. The van der Waals surface area contributed by atoms with Crippen LogP contribution in [0.1, 0.15) is 32.1 Å². The summed E-state index contributed by atoms with van der Waals surface area (Å²) in [6, 6.07) is 13.2. The molecule has 1 saturated carbocycles. The summed E-state index contributed by atoms with van der Waals surface area (Å²) in [6.07, 6.45) is 7.12. The van der Waals surface area contributed by atoms with E-state index in [1.54, 1.807) is 23.2 Å². The molecule has 1 fully saturated rings. The number of amides is 1. The van der Waals surface area contributed by atoms with Gasteiger partial charge in [0.2, 0.25) is 11.7 Å². The highest BCUT2D eigenvalue weighted by atomic mass is 16.5. The second-order valence-corrected chi connectivity index (χ2v) is 8.14.